The van der Waals surface area contributed by atoms with Crippen LogP contribution in [0.2, 0.25) is 0 Å². The summed E-state index contributed by atoms with van der Waals surface area (Å²) in [7, 11) is 0. The van der Waals surface area contributed by atoms with Gasteiger partial charge in [-0.1, -0.05) is 26.0 Å². The maximum atomic E-state index is 12.2. The summed E-state index contributed by atoms with van der Waals surface area (Å²) >= 11 is 1.26. The number of aliphatic hydroxyl groups excluding tert-OH is 1. The molecule has 1 aromatic carbocycles. The van der Waals surface area contributed by atoms with Gasteiger partial charge in [-0.05, 0) is 5.41 Å². The smallest absolute Gasteiger partial charge is 0.270 e. The van der Waals surface area contributed by atoms with E-state index in [4.69, 9.17) is 0 Å². The topological polar surface area (TPSA) is 106 Å². The number of hydrogen-bond acceptors (Lipinski definition) is 7. The Morgan fingerprint density at radius 3 is 2.78 bits per heavy atom. The number of allylic oxidation sites excluding steroid dienone is 2. The van der Waals surface area contributed by atoms with Gasteiger partial charge in [-0.2, -0.15) is 0 Å². The lowest BCUT2D eigenvalue weighted by molar-refractivity contribution is -0.384. The van der Waals surface area contributed by atoms with E-state index in [9.17, 15) is 20.0 Å². The summed E-state index contributed by atoms with van der Waals surface area (Å²) < 4.78 is 0. The summed E-state index contributed by atoms with van der Waals surface area (Å²) in [5.41, 5.74) is 1.14. The number of rotatable bonds is 4. The molecule has 9 heteroatoms. The van der Waals surface area contributed by atoms with Gasteiger partial charge in [-0.15, -0.1) is 23.7 Å². The summed E-state index contributed by atoms with van der Waals surface area (Å²) in [5, 5.41) is 23.1. The Morgan fingerprint density at radius 1 is 1.37 bits per heavy atom. The zero-order chi connectivity index (χ0) is 18.9. The Morgan fingerprint density at radius 2 is 2.11 bits per heavy atom. The lowest BCUT2D eigenvalue weighted by atomic mass is 9.77. The largest absolute Gasteiger partial charge is 0.511 e. The van der Waals surface area contributed by atoms with Crippen LogP contribution in [0.5, 0.6) is 0 Å². The first-order chi connectivity index (χ1) is 12.2. The molecule has 0 spiro atoms. The van der Waals surface area contributed by atoms with E-state index in [-0.39, 0.29) is 40.6 Å². The van der Waals surface area contributed by atoms with Crippen molar-refractivity contribution < 1.29 is 14.8 Å². The number of thiazole rings is 1. The fourth-order valence-electron chi connectivity index (χ4n) is 2.80. The Bertz CT molecular complexity index is 950. The molecule has 0 aliphatic heterocycles. The van der Waals surface area contributed by atoms with Gasteiger partial charge >= 0.3 is 0 Å². The zero-order valence-electron chi connectivity index (χ0n) is 14.7. The van der Waals surface area contributed by atoms with E-state index in [2.05, 4.69) is 9.98 Å². The van der Waals surface area contributed by atoms with E-state index >= 15 is 0 Å². The lowest BCUT2D eigenvalue weighted by Crippen LogP contribution is -2.26. The molecule has 0 saturated heterocycles. The summed E-state index contributed by atoms with van der Waals surface area (Å²) in [6.45, 7) is 3.86. The SMILES string of the molecule is CC1(C)CC(=O)C(/C=N/c2nc(-c3cccc([N+](=O)[O-])c3)cs2)=C(O)C1.Cl. The standard InChI is InChI=1S/C18H17N3O4S.ClH/c1-18(2)7-15(22)13(16(23)8-18)9-19-17-20-14(10-26-17)11-4-3-5-12(6-11)21(24)25;/h3-6,9-10,22H,7-8H2,1-2H3;1H/b19-9+;. The van der Waals surface area contributed by atoms with Crippen LogP contribution in [-0.2, 0) is 4.79 Å². The molecule has 0 bridgehead atoms. The number of aromatic nitrogens is 1. The number of nitro benzene ring substituents is 1. The van der Waals surface area contributed by atoms with Gasteiger partial charge in [0.1, 0.15) is 5.76 Å². The third kappa shape index (κ3) is 4.78. The molecule has 1 aliphatic rings. The van der Waals surface area contributed by atoms with E-state index < -0.39 is 4.92 Å². The summed E-state index contributed by atoms with van der Waals surface area (Å²) in [6.07, 6.45) is 2.13. The first-order valence-corrected chi connectivity index (χ1v) is 8.83. The second-order valence-corrected chi connectivity index (χ2v) is 7.72. The number of aliphatic imine (C=N–C) groups is 1. The van der Waals surface area contributed by atoms with Crippen LogP contribution in [-0.4, -0.2) is 27.0 Å². The van der Waals surface area contributed by atoms with Crippen molar-refractivity contribution >= 4 is 46.6 Å². The van der Waals surface area contributed by atoms with Crippen molar-refractivity contribution in [2.45, 2.75) is 26.7 Å². The van der Waals surface area contributed by atoms with E-state index in [0.717, 1.165) is 0 Å². The van der Waals surface area contributed by atoms with Gasteiger partial charge in [0, 0.05) is 42.1 Å². The molecule has 0 atom stereocenters. The van der Waals surface area contributed by atoms with Crippen LogP contribution in [0.25, 0.3) is 11.3 Å². The molecule has 0 unspecified atom stereocenters. The average molecular weight is 408 g/mol. The van der Waals surface area contributed by atoms with Gasteiger partial charge in [0.25, 0.3) is 5.69 Å². The number of aliphatic hydroxyl groups is 1. The zero-order valence-corrected chi connectivity index (χ0v) is 16.3. The second kappa shape index (κ2) is 7.98. The number of ketones is 1. The number of non-ortho nitro benzene ring substituents is 1. The fraction of sp³-hybridized carbons (Fsp3) is 0.278. The molecular formula is C18H18ClN3O4S. The molecule has 0 amide bonds. The van der Waals surface area contributed by atoms with E-state index in [1.165, 1.54) is 29.7 Å². The van der Waals surface area contributed by atoms with Crippen LogP contribution in [0.4, 0.5) is 10.8 Å². The van der Waals surface area contributed by atoms with Gasteiger partial charge in [0.05, 0.1) is 16.2 Å². The van der Waals surface area contributed by atoms with Gasteiger partial charge < -0.3 is 5.11 Å². The fourth-order valence-corrected chi connectivity index (χ4v) is 3.47. The summed E-state index contributed by atoms with van der Waals surface area (Å²) in [6, 6.07) is 6.20. The molecular weight excluding hydrogens is 390 g/mol. The summed E-state index contributed by atoms with van der Waals surface area (Å²) in [4.78, 5) is 31.1. The first kappa shape index (κ1) is 20.7. The third-order valence-electron chi connectivity index (χ3n) is 4.05. The third-order valence-corrected chi connectivity index (χ3v) is 4.79. The van der Waals surface area contributed by atoms with Crippen LogP contribution < -0.4 is 0 Å². The average Bonchev–Trinajstić information content (AvgIpc) is 3.02. The lowest BCUT2D eigenvalue weighted by Gasteiger charge is -2.28. The van der Waals surface area contributed by atoms with Crippen molar-refractivity contribution in [1.82, 2.24) is 4.98 Å². The molecule has 0 saturated carbocycles. The monoisotopic (exact) mass is 407 g/mol. The van der Waals surface area contributed by atoms with Gasteiger partial charge in [-0.3, -0.25) is 14.9 Å². The van der Waals surface area contributed by atoms with Crippen molar-refractivity contribution in [1.29, 1.82) is 0 Å². The van der Waals surface area contributed by atoms with Gasteiger partial charge in [-0.25, -0.2) is 9.98 Å². The van der Waals surface area contributed by atoms with Crippen LogP contribution >= 0.6 is 23.7 Å². The molecule has 1 aromatic heterocycles. The highest BCUT2D eigenvalue weighted by molar-refractivity contribution is 7.13. The van der Waals surface area contributed by atoms with Crippen molar-refractivity contribution in [3.8, 4) is 11.3 Å². The highest BCUT2D eigenvalue weighted by Crippen LogP contribution is 2.35. The molecule has 27 heavy (non-hydrogen) atoms. The van der Waals surface area contributed by atoms with Gasteiger partial charge in [0.2, 0.25) is 5.13 Å². The minimum Gasteiger partial charge on any atom is -0.511 e. The minimum atomic E-state index is -0.458. The van der Waals surface area contributed by atoms with Crippen LogP contribution in [0.3, 0.4) is 0 Å². The number of carbonyl (C=O) groups is 1. The molecule has 142 valence electrons. The van der Waals surface area contributed by atoms with Crippen molar-refractivity contribution in [2.75, 3.05) is 0 Å². The Balaban J connectivity index is 0.00000261. The van der Waals surface area contributed by atoms with Crippen LogP contribution in [0, 0.1) is 15.5 Å². The number of benzene rings is 1. The first-order valence-electron chi connectivity index (χ1n) is 7.95. The maximum absolute atomic E-state index is 12.2. The number of carbonyl (C=O) groups excluding carboxylic acids is 1. The molecule has 7 nitrogen and oxygen atoms in total. The predicted octanol–water partition coefficient (Wildman–Crippen LogP) is 5.04. The number of nitro groups is 1. The molecule has 1 aliphatic carbocycles. The second-order valence-electron chi connectivity index (χ2n) is 6.88. The molecule has 1 N–H and O–H groups in total. The number of Topliss-reactive ketones (excluding diaryl/α,β-unsaturated/α-hetero) is 1. The van der Waals surface area contributed by atoms with Gasteiger partial charge in [0.15, 0.2) is 5.78 Å². The maximum Gasteiger partial charge on any atom is 0.270 e. The number of halogens is 1. The molecule has 3 rings (SSSR count). The number of hydrogen-bond donors (Lipinski definition) is 1. The van der Waals surface area contributed by atoms with E-state index in [1.807, 2.05) is 13.8 Å². The Labute approximate surface area is 166 Å². The van der Waals surface area contributed by atoms with Crippen molar-refractivity contribution in [2.24, 2.45) is 10.4 Å². The minimum absolute atomic E-state index is 0. The quantitative estimate of drug-likeness (QED) is 0.434. The predicted molar refractivity (Wildman–Crippen MR) is 107 cm³/mol. The van der Waals surface area contributed by atoms with Crippen LogP contribution in [0.15, 0.2) is 46.0 Å². The van der Waals surface area contributed by atoms with E-state index in [0.29, 0.717) is 29.2 Å². The number of nitrogens with zero attached hydrogens (tertiary/aromatic N) is 3. The summed E-state index contributed by atoms with van der Waals surface area (Å²) in [5.74, 6) is -0.0940. The van der Waals surface area contributed by atoms with Crippen molar-refractivity contribution in [3.63, 3.8) is 0 Å². The van der Waals surface area contributed by atoms with E-state index in [1.54, 1.807) is 17.5 Å². The Kier molecular flexibility index (Phi) is 6.12. The van der Waals surface area contributed by atoms with Crippen molar-refractivity contribution in [3.05, 3.63) is 51.1 Å². The normalized spacial score (nSPS) is 16.4. The molecule has 0 fully saturated rings. The van der Waals surface area contributed by atoms with Crippen LogP contribution in [0.1, 0.15) is 26.7 Å². The highest BCUT2D eigenvalue weighted by Gasteiger charge is 2.32. The Hall–Kier alpha value is -2.58. The highest BCUT2D eigenvalue weighted by atomic mass is 35.5. The molecule has 1 heterocycles. The molecule has 0 radical (unpaired) electrons. The molecule has 2 aromatic rings.